The van der Waals surface area contributed by atoms with Gasteiger partial charge >= 0.3 is 5.97 Å². The van der Waals surface area contributed by atoms with E-state index in [-0.39, 0.29) is 24.8 Å². The highest BCUT2D eigenvalue weighted by molar-refractivity contribution is 5.94. The summed E-state index contributed by atoms with van der Waals surface area (Å²) in [5.41, 5.74) is 2.93. The number of nitrogens with zero attached hydrogens (tertiary/aromatic N) is 3. The summed E-state index contributed by atoms with van der Waals surface area (Å²) >= 11 is 0. The number of carbonyl (C=O) groups is 3. The number of aromatic nitrogens is 2. The van der Waals surface area contributed by atoms with Crippen LogP contribution in [0.3, 0.4) is 0 Å². The number of hydrogen-bond donors (Lipinski definition) is 2. The maximum Gasteiger partial charge on any atom is 0.308 e. The van der Waals surface area contributed by atoms with Gasteiger partial charge in [-0.3, -0.25) is 18.8 Å². The normalized spacial score (nSPS) is 16.9. The first kappa shape index (κ1) is 19.9. The van der Waals surface area contributed by atoms with Crippen molar-refractivity contribution in [2.75, 3.05) is 19.6 Å². The van der Waals surface area contributed by atoms with Gasteiger partial charge in [-0.2, -0.15) is 0 Å². The highest BCUT2D eigenvalue weighted by Gasteiger charge is 2.27. The van der Waals surface area contributed by atoms with E-state index in [0.717, 1.165) is 11.2 Å². The van der Waals surface area contributed by atoms with Gasteiger partial charge in [0.15, 0.2) is 0 Å². The monoisotopic (exact) mass is 386 g/mol. The van der Waals surface area contributed by atoms with E-state index in [1.165, 1.54) is 0 Å². The number of carbonyl (C=O) groups excluding carboxylic acids is 2. The van der Waals surface area contributed by atoms with E-state index < -0.39 is 11.9 Å². The van der Waals surface area contributed by atoms with Gasteiger partial charge in [-0.05, 0) is 44.7 Å². The Morgan fingerprint density at radius 1 is 1.32 bits per heavy atom. The number of hydrogen-bond acceptors (Lipinski definition) is 4. The van der Waals surface area contributed by atoms with Crippen LogP contribution in [0, 0.1) is 19.8 Å². The van der Waals surface area contributed by atoms with E-state index >= 15 is 0 Å². The minimum Gasteiger partial charge on any atom is -0.481 e. The number of nitrogens with one attached hydrogen (secondary N) is 1. The van der Waals surface area contributed by atoms with Gasteiger partial charge in [-0.15, -0.1) is 0 Å². The summed E-state index contributed by atoms with van der Waals surface area (Å²) < 4.78 is 1.78. The van der Waals surface area contributed by atoms with Crippen molar-refractivity contribution in [1.29, 1.82) is 0 Å². The fourth-order valence-corrected chi connectivity index (χ4v) is 3.68. The molecule has 0 saturated carbocycles. The Morgan fingerprint density at radius 3 is 2.86 bits per heavy atom. The standard InChI is InChI=1S/C20H26N4O4/c1-13-6-4-11-24-17(14(2)22-18(13)24)19(26)21-9-3-8-16(25)23-10-5-7-15(12-23)20(27)28/h4,6,11,15H,3,5,7-10,12H2,1-2H3,(H,21,26)(H,27,28). The Hall–Kier alpha value is -2.90. The van der Waals surface area contributed by atoms with E-state index in [1.54, 1.807) is 16.2 Å². The number of amides is 2. The molecule has 1 fully saturated rings. The smallest absolute Gasteiger partial charge is 0.308 e. The van der Waals surface area contributed by atoms with Crippen molar-refractivity contribution >= 4 is 23.4 Å². The third-order valence-electron chi connectivity index (χ3n) is 5.21. The Labute approximate surface area is 163 Å². The SMILES string of the molecule is Cc1nc2c(C)cccn2c1C(=O)NCCCC(=O)N1CCCC(C(=O)O)C1. The third kappa shape index (κ3) is 4.16. The van der Waals surface area contributed by atoms with Gasteiger partial charge in [-0.25, -0.2) is 4.98 Å². The summed E-state index contributed by atoms with van der Waals surface area (Å²) in [5, 5.41) is 12.0. The molecule has 8 heteroatoms. The molecule has 0 radical (unpaired) electrons. The van der Waals surface area contributed by atoms with Gasteiger partial charge in [0.2, 0.25) is 5.91 Å². The summed E-state index contributed by atoms with van der Waals surface area (Å²) in [6, 6.07) is 3.83. The fourth-order valence-electron chi connectivity index (χ4n) is 3.68. The molecule has 2 amide bonds. The number of piperidine rings is 1. The molecular formula is C20H26N4O4. The first-order valence-corrected chi connectivity index (χ1v) is 9.61. The highest BCUT2D eigenvalue weighted by atomic mass is 16.4. The van der Waals surface area contributed by atoms with E-state index in [1.807, 2.05) is 25.3 Å². The third-order valence-corrected chi connectivity index (χ3v) is 5.21. The van der Waals surface area contributed by atoms with Crippen LogP contribution < -0.4 is 5.32 Å². The highest BCUT2D eigenvalue weighted by Crippen LogP contribution is 2.18. The second kappa shape index (κ2) is 8.41. The van der Waals surface area contributed by atoms with Gasteiger partial charge in [0.05, 0.1) is 11.6 Å². The van der Waals surface area contributed by atoms with Crippen LogP contribution in [0.1, 0.15) is 47.4 Å². The van der Waals surface area contributed by atoms with Crippen molar-refractivity contribution in [3.05, 3.63) is 35.3 Å². The van der Waals surface area contributed by atoms with Crippen molar-refractivity contribution in [3.63, 3.8) is 0 Å². The van der Waals surface area contributed by atoms with Crippen molar-refractivity contribution in [2.24, 2.45) is 5.92 Å². The first-order valence-electron chi connectivity index (χ1n) is 9.61. The molecule has 0 aromatic carbocycles. The molecule has 28 heavy (non-hydrogen) atoms. The van der Waals surface area contributed by atoms with E-state index in [4.69, 9.17) is 5.11 Å². The minimum atomic E-state index is -0.844. The van der Waals surface area contributed by atoms with Gasteiger partial charge < -0.3 is 15.3 Å². The van der Waals surface area contributed by atoms with E-state index in [9.17, 15) is 14.4 Å². The minimum absolute atomic E-state index is 0.0539. The van der Waals surface area contributed by atoms with Crippen molar-refractivity contribution in [1.82, 2.24) is 19.6 Å². The molecule has 0 spiro atoms. The van der Waals surface area contributed by atoms with Crippen LogP contribution in [0.25, 0.3) is 5.65 Å². The molecule has 1 atom stereocenters. The number of aliphatic carboxylic acids is 1. The molecule has 3 heterocycles. The average molecular weight is 386 g/mol. The quantitative estimate of drug-likeness (QED) is 0.737. The summed E-state index contributed by atoms with van der Waals surface area (Å²) in [4.78, 5) is 42.1. The molecule has 1 aliphatic rings. The molecule has 3 rings (SSSR count). The zero-order valence-electron chi connectivity index (χ0n) is 16.3. The lowest BCUT2D eigenvalue weighted by atomic mass is 9.98. The number of likely N-dealkylation sites (tertiary alicyclic amines) is 1. The molecule has 1 aliphatic heterocycles. The zero-order valence-corrected chi connectivity index (χ0v) is 16.3. The number of aryl methyl sites for hydroxylation is 2. The van der Waals surface area contributed by atoms with Gasteiger partial charge in [-0.1, -0.05) is 6.07 Å². The second-order valence-corrected chi connectivity index (χ2v) is 7.31. The van der Waals surface area contributed by atoms with Gasteiger partial charge in [0, 0.05) is 32.3 Å². The average Bonchev–Trinajstić information content (AvgIpc) is 3.02. The lowest BCUT2D eigenvalue weighted by Crippen LogP contribution is -2.42. The van der Waals surface area contributed by atoms with Crippen LogP contribution in [0.5, 0.6) is 0 Å². The summed E-state index contributed by atoms with van der Waals surface area (Å²) in [6.07, 6.45) is 3.95. The molecule has 1 unspecified atom stereocenters. The number of pyridine rings is 1. The van der Waals surface area contributed by atoms with Gasteiger partial charge in [0.1, 0.15) is 11.3 Å². The number of carboxylic acid groups (broad SMARTS) is 1. The predicted octanol–water partition coefficient (Wildman–Crippen LogP) is 1.78. The van der Waals surface area contributed by atoms with E-state index in [0.29, 0.717) is 43.7 Å². The molecule has 0 bridgehead atoms. The molecule has 150 valence electrons. The molecule has 2 aromatic heterocycles. The molecule has 2 N–H and O–H groups in total. The fraction of sp³-hybridized carbons (Fsp3) is 0.500. The van der Waals surface area contributed by atoms with Crippen molar-refractivity contribution < 1.29 is 19.5 Å². The lowest BCUT2D eigenvalue weighted by molar-refractivity contribution is -0.145. The molecule has 8 nitrogen and oxygen atoms in total. The Morgan fingerprint density at radius 2 is 2.11 bits per heavy atom. The predicted molar refractivity (Wildman–Crippen MR) is 103 cm³/mol. The van der Waals surface area contributed by atoms with Crippen molar-refractivity contribution in [3.8, 4) is 0 Å². The molecule has 2 aromatic rings. The number of rotatable bonds is 6. The largest absolute Gasteiger partial charge is 0.481 e. The van der Waals surface area contributed by atoms with Crippen LogP contribution in [-0.2, 0) is 9.59 Å². The summed E-state index contributed by atoms with van der Waals surface area (Å²) in [7, 11) is 0. The maximum atomic E-state index is 12.6. The molecular weight excluding hydrogens is 360 g/mol. The zero-order chi connectivity index (χ0) is 20.3. The molecule has 0 aliphatic carbocycles. The number of fused-ring (bicyclic) bond motifs is 1. The van der Waals surface area contributed by atoms with Gasteiger partial charge in [0.25, 0.3) is 5.91 Å². The molecule has 1 saturated heterocycles. The summed E-state index contributed by atoms with van der Waals surface area (Å²) in [6.45, 7) is 5.01. The lowest BCUT2D eigenvalue weighted by Gasteiger charge is -2.30. The second-order valence-electron chi connectivity index (χ2n) is 7.31. The van der Waals surface area contributed by atoms with Crippen LogP contribution in [0.2, 0.25) is 0 Å². The summed E-state index contributed by atoms with van der Waals surface area (Å²) in [5.74, 6) is -1.59. The van der Waals surface area contributed by atoms with Crippen LogP contribution >= 0.6 is 0 Å². The van der Waals surface area contributed by atoms with E-state index in [2.05, 4.69) is 10.3 Å². The Bertz CT molecular complexity index is 905. The van der Waals surface area contributed by atoms with Crippen LogP contribution in [0.15, 0.2) is 18.3 Å². The Kier molecular flexibility index (Phi) is 5.96. The Balaban J connectivity index is 1.51. The maximum absolute atomic E-state index is 12.6. The topological polar surface area (TPSA) is 104 Å². The van der Waals surface area contributed by atoms with Crippen LogP contribution in [0.4, 0.5) is 0 Å². The van der Waals surface area contributed by atoms with Crippen molar-refractivity contribution in [2.45, 2.75) is 39.5 Å². The van der Waals surface area contributed by atoms with Crippen LogP contribution in [-0.4, -0.2) is 56.8 Å². The first-order chi connectivity index (χ1) is 13.4. The number of carboxylic acids is 1. The number of imidazole rings is 1.